The summed E-state index contributed by atoms with van der Waals surface area (Å²) in [6.07, 6.45) is 1.08. The van der Waals surface area contributed by atoms with Gasteiger partial charge in [-0.2, -0.15) is 0 Å². The van der Waals surface area contributed by atoms with Crippen molar-refractivity contribution < 1.29 is 9.47 Å². The van der Waals surface area contributed by atoms with Crippen LogP contribution < -0.4 is 10.5 Å². The summed E-state index contributed by atoms with van der Waals surface area (Å²) >= 11 is 0. The van der Waals surface area contributed by atoms with Crippen molar-refractivity contribution in [3.05, 3.63) is 36.0 Å². The van der Waals surface area contributed by atoms with E-state index in [1.807, 2.05) is 30.3 Å². The number of aromatic nitrogens is 1. The summed E-state index contributed by atoms with van der Waals surface area (Å²) in [5.41, 5.74) is 7.48. The zero-order valence-corrected chi connectivity index (χ0v) is 10.8. The smallest absolute Gasteiger partial charge is 0.130 e. The zero-order valence-electron chi connectivity index (χ0n) is 10.8. The van der Waals surface area contributed by atoms with Crippen LogP contribution in [0.15, 0.2) is 30.3 Å². The van der Waals surface area contributed by atoms with Gasteiger partial charge in [0.25, 0.3) is 0 Å². The topological polar surface area (TPSA) is 57.4 Å². The lowest BCUT2D eigenvalue weighted by molar-refractivity contribution is 0.167. The van der Waals surface area contributed by atoms with Gasteiger partial charge in [0.1, 0.15) is 5.75 Å². The van der Waals surface area contributed by atoms with Gasteiger partial charge < -0.3 is 15.2 Å². The summed E-state index contributed by atoms with van der Waals surface area (Å²) < 4.78 is 11.3. The van der Waals surface area contributed by atoms with Crippen molar-refractivity contribution in [3.63, 3.8) is 0 Å². The monoisotopic (exact) mass is 258 g/mol. The second-order valence-corrected chi connectivity index (χ2v) is 4.87. The molecule has 0 saturated carbocycles. The van der Waals surface area contributed by atoms with Gasteiger partial charge in [-0.3, -0.25) is 4.98 Å². The van der Waals surface area contributed by atoms with Crippen LogP contribution in [-0.2, 0) is 11.3 Å². The van der Waals surface area contributed by atoms with E-state index in [9.17, 15) is 0 Å². The van der Waals surface area contributed by atoms with Crippen LogP contribution in [0.1, 0.15) is 12.1 Å². The van der Waals surface area contributed by atoms with E-state index < -0.39 is 0 Å². The molecular formula is C15H18N2O2. The number of para-hydroxylation sites is 1. The number of nitrogens with zero attached hydrogens (tertiary/aromatic N) is 1. The Bertz CT molecular complexity index is 565. The van der Waals surface area contributed by atoms with Crippen molar-refractivity contribution in [3.8, 4) is 5.75 Å². The number of fused-ring (bicyclic) bond motifs is 1. The molecule has 100 valence electrons. The van der Waals surface area contributed by atoms with Crippen LogP contribution >= 0.6 is 0 Å². The Kier molecular flexibility index (Phi) is 3.62. The Balaban J connectivity index is 1.87. The lowest BCUT2D eigenvalue weighted by atomic mass is 10.1. The molecule has 0 radical (unpaired) electrons. The number of ether oxygens (including phenoxy) is 2. The van der Waals surface area contributed by atoms with Gasteiger partial charge in [-0.25, -0.2) is 0 Å². The predicted octanol–water partition coefficient (Wildman–Crippen LogP) is 2.11. The van der Waals surface area contributed by atoms with Crippen molar-refractivity contribution in [1.82, 2.24) is 4.98 Å². The molecule has 0 amide bonds. The molecule has 1 aromatic carbocycles. The molecule has 2 N–H and O–H groups in total. The summed E-state index contributed by atoms with van der Waals surface area (Å²) in [7, 11) is 0. The van der Waals surface area contributed by atoms with Gasteiger partial charge in [-0.05, 0) is 18.6 Å². The third-order valence-electron chi connectivity index (χ3n) is 3.44. The number of benzene rings is 1. The van der Waals surface area contributed by atoms with Crippen LogP contribution in [0.5, 0.6) is 5.75 Å². The third-order valence-corrected chi connectivity index (χ3v) is 3.44. The molecule has 4 heteroatoms. The summed E-state index contributed by atoms with van der Waals surface area (Å²) in [5, 5.41) is 1.04. The quantitative estimate of drug-likeness (QED) is 0.912. The first-order valence-corrected chi connectivity index (χ1v) is 6.66. The van der Waals surface area contributed by atoms with E-state index in [1.165, 1.54) is 0 Å². The van der Waals surface area contributed by atoms with E-state index in [2.05, 4.69) is 4.98 Å². The van der Waals surface area contributed by atoms with Crippen molar-refractivity contribution in [1.29, 1.82) is 0 Å². The highest BCUT2D eigenvalue weighted by molar-refractivity contribution is 5.85. The Hall–Kier alpha value is -1.65. The molecule has 3 rings (SSSR count). The molecule has 1 aliphatic rings. The Morgan fingerprint density at radius 1 is 1.37 bits per heavy atom. The maximum atomic E-state index is 5.97. The zero-order chi connectivity index (χ0) is 13.1. The lowest BCUT2D eigenvalue weighted by Crippen LogP contribution is -2.12. The molecule has 1 aliphatic heterocycles. The van der Waals surface area contributed by atoms with Gasteiger partial charge in [-0.1, -0.05) is 12.1 Å². The minimum atomic E-state index is 0.424. The molecule has 1 fully saturated rings. The van der Waals surface area contributed by atoms with E-state index in [4.69, 9.17) is 15.2 Å². The third kappa shape index (κ3) is 2.69. The summed E-state index contributed by atoms with van der Waals surface area (Å²) in [6.45, 7) is 2.76. The first kappa shape index (κ1) is 12.4. The highest BCUT2D eigenvalue weighted by Crippen LogP contribution is 2.26. The Morgan fingerprint density at radius 3 is 3.05 bits per heavy atom. The molecule has 1 saturated heterocycles. The molecule has 2 aromatic rings. The van der Waals surface area contributed by atoms with Gasteiger partial charge in [0.05, 0.1) is 24.4 Å². The second kappa shape index (κ2) is 5.55. The van der Waals surface area contributed by atoms with Gasteiger partial charge in [0, 0.05) is 30.5 Å². The van der Waals surface area contributed by atoms with Gasteiger partial charge in [-0.15, -0.1) is 0 Å². The summed E-state index contributed by atoms with van der Waals surface area (Å²) in [6, 6.07) is 9.93. The van der Waals surface area contributed by atoms with Gasteiger partial charge in [0.15, 0.2) is 0 Å². The Morgan fingerprint density at radius 2 is 2.26 bits per heavy atom. The first-order chi connectivity index (χ1) is 9.36. The van der Waals surface area contributed by atoms with Crippen molar-refractivity contribution in [2.45, 2.75) is 13.0 Å². The molecule has 0 spiro atoms. The van der Waals surface area contributed by atoms with E-state index >= 15 is 0 Å². The minimum absolute atomic E-state index is 0.424. The van der Waals surface area contributed by atoms with Crippen LogP contribution in [0.4, 0.5) is 0 Å². The first-order valence-electron chi connectivity index (χ1n) is 6.66. The maximum Gasteiger partial charge on any atom is 0.130 e. The molecule has 1 unspecified atom stereocenters. The van der Waals surface area contributed by atoms with Crippen LogP contribution in [0.3, 0.4) is 0 Å². The van der Waals surface area contributed by atoms with E-state index in [1.54, 1.807) is 0 Å². The normalized spacial score (nSPS) is 18.9. The number of pyridine rings is 1. The molecule has 1 aromatic heterocycles. The van der Waals surface area contributed by atoms with Crippen molar-refractivity contribution in [2.24, 2.45) is 11.7 Å². The lowest BCUT2D eigenvalue weighted by Gasteiger charge is -2.13. The minimum Gasteiger partial charge on any atom is -0.492 e. The van der Waals surface area contributed by atoms with E-state index in [0.717, 1.165) is 42.0 Å². The maximum absolute atomic E-state index is 5.97. The molecule has 0 aliphatic carbocycles. The fourth-order valence-electron chi connectivity index (χ4n) is 2.34. The van der Waals surface area contributed by atoms with Crippen LogP contribution in [0.25, 0.3) is 10.9 Å². The van der Waals surface area contributed by atoms with E-state index in [-0.39, 0.29) is 0 Å². The van der Waals surface area contributed by atoms with Gasteiger partial charge in [0.2, 0.25) is 0 Å². The molecule has 2 heterocycles. The van der Waals surface area contributed by atoms with Crippen LogP contribution in [-0.4, -0.2) is 24.8 Å². The average Bonchev–Trinajstić information content (AvgIpc) is 2.97. The van der Waals surface area contributed by atoms with Crippen molar-refractivity contribution in [2.75, 3.05) is 19.8 Å². The molecule has 19 heavy (non-hydrogen) atoms. The van der Waals surface area contributed by atoms with Crippen LogP contribution in [0, 0.1) is 5.92 Å². The summed E-state index contributed by atoms with van der Waals surface area (Å²) in [4.78, 5) is 4.50. The van der Waals surface area contributed by atoms with Crippen LogP contribution in [0.2, 0.25) is 0 Å². The molecular weight excluding hydrogens is 240 g/mol. The van der Waals surface area contributed by atoms with Gasteiger partial charge >= 0.3 is 0 Å². The highest BCUT2D eigenvalue weighted by Gasteiger charge is 2.17. The van der Waals surface area contributed by atoms with Crippen molar-refractivity contribution >= 4 is 10.9 Å². The highest BCUT2D eigenvalue weighted by atomic mass is 16.5. The largest absolute Gasteiger partial charge is 0.492 e. The SMILES string of the molecule is NCc1cc(OCC2CCOC2)c2ccccc2n1. The second-order valence-electron chi connectivity index (χ2n) is 4.87. The average molecular weight is 258 g/mol. The van der Waals surface area contributed by atoms with E-state index in [0.29, 0.717) is 19.1 Å². The number of hydrogen-bond donors (Lipinski definition) is 1. The molecule has 1 atom stereocenters. The summed E-state index contributed by atoms with van der Waals surface area (Å²) in [5.74, 6) is 1.37. The fourth-order valence-corrected chi connectivity index (χ4v) is 2.34. The number of rotatable bonds is 4. The predicted molar refractivity (Wildman–Crippen MR) is 74.1 cm³/mol. The Labute approximate surface area is 112 Å². The fraction of sp³-hybridized carbons (Fsp3) is 0.400. The standard InChI is InChI=1S/C15H18N2O2/c16-8-12-7-15(19-10-11-5-6-18-9-11)13-3-1-2-4-14(13)17-12/h1-4,7,11H,5-6,8-10,16H2. The molecule has 0 bridgehead atoms. The number of nitrogens with two attached hydrogens (primary N) is 1. The number of hydrogen-bond acceptors (Lipinski definition) is 4. The molecule has 4 nitrogen and oxygen atoms in total.